The standard InChI is InChI=1S/C13H26/c1-11(13(2,3)4)10-12-8-6-5-7-9-12/h11-12H,5-10H2,1-4H3/t11-/m1/s1. The van der Waals surface area contributed by atoms with Gasteiger partial charge in [-0.1, -0.05) is 59.8 Å². The topological polar surface area (TPSA) is 0 Å². The van der Waals surface area contributed by atoms with Crippen LogP contribution in [0.2, 0.25) is 0 Å². The Labute approximate surface area is 84.1 Å². The Morgan fingerprint density at radius 1 is 1.08 bits per heavy atom. The second kappa shape index (κ2) is 4.48. The maximum atomic E-state index is 2.43. The fraction of sp³-hybridized carbons (Fsp3) is 1.00. The number of hydrogen-bond acceptors (Lipinski definition) is 0. The maximum absolute atomic E-state index is 2.43. The molecule has 0 nitrogen and oxygen atoms in total. The van der Waals surface area contributed by atoms with E-state index in [4.69, 9.17) is 0 Å². The van der Waals surface area contributed by atoms with E-state index in [1.54, 1.807) is 0 Å². The molecule has 0 aromatic heterocycles. The summed E-state index contributed by atoms with van der Waals surface area (Å²) in [7, 11) is 0. The zero-order valence-corrected chi connectivity index (χ0v) is 9.90. The average molecular weight is 182 g/mol. The summed E-state index contributed by atoms with van der Waals surface area (Å²) in [6.45, 7) is 9.55. The van der Waals surface area contributed by atoms with E-state index in [0.717, 1.165) is 11.8 Å². The predicted octanol–water partition coefficient (Wildman–Crippen LogP) is 4.64. The number of rotatable bonds is 2. The lowest BCUT2D eigenvalue weighted by Gasteiger charge is -2.32. The van der Waals surface area contributed by atoms with Gasteiger partial charge in [0.2, 0.25) is 0 Å². The minimum absolute atomic E-state index is 0.511. The van der Waals surface area contributed by atoms with Crippen molar-refractivity contribution in [1.29, 1.82) is 0 Å². The SMILES string of the molecule is C[C@H](CC1CCCCC1)C(C)(C)C. The van der Waals surface area contributed by atoms with E-state index in [1.807, 2.05) is 0 Å². The van der Waals surface area contributed by atoms with Gasteiger partial charge < -0.3 is 0 Å². The average Bonchev–Trinajstić information content (AvgIpc) is 2.04. The van der Waals surface area contributed by atoms with E-state index in [0.29, 0.717) is 5.41 Å². The predicted molar refractivity (Wildman–Crippen MR) is 59.8 cm³/mol. The summed E-state index contributed by atoms with van der Waals surface area (Å²) in [4.78, 5) is 0. The largest absolute Gasteiger partial charge is 0.0620 e. The van der Waals surface area contributed by atoms with Crippen LogP contribution in [-0.4, -0.2) is 0 Å². The molecule has 0 heterocycles. The lowest BCUT2D eigenvalue weighted by atomic mass is 9.74. The molecule has 0 aliphatic heterocycles. The van der Waals surface area contributed by atoms with Gasteiger partial charge in [-0.05, 0) is 23.7 Å². The summed E-state index contributed by atoms with van der Waals surface area (Å²) < 4.78 is 0. The third-order valence-electron chi connectivity index (χ3n) is 3.89. The van der Waals surface area contributed by atoms with Crippen LogP contribution < -0.4 is 0 Å². The normalized spacial score (nSPS) is 23.1. The van der Waals surface area contributed by atoms with Crippen LogP contribution in [0.1, 0.15) is 66.2 Å². The minimum atomic E-state index is 0.511. The van der Waals surface area contributed by atoms with Crippen molar-refractivity contribution in [3.63, 3.8) is 0 Å². The molecule has 0 N–H and O–H groups in total. The van der Waals surface area contributed by atoms with Gasteiger partial charge in [-0.3, -0.25) is 0 Å². The van der Waals surface area contributed by atoms with Gasteiger partial charge >= 0.3 is 0 Å². The van der Waals surface area contributed by atoms with Crippen molar-refractivity contribution in [3.8, 4) is 0 Å². The van der Waals surface area contributed by atoms with Gasteiger partial charge in [0.25, 0.3) is 0 Å². The molecule has 1 aliphatic carbocycles. The van der Waals surface area contributed by atoms with Crippen LogP contribution in [0.25, 0.3) is 0 Å². The van der Waals surface area contributed by atoms with E-state index < -0.39 is 0 Å². The summed E-state index contributed by atoms with van der Waals surface area (Å²) in [6.07, 6.45) is 8.92. The van der Waals surface area contributed by atoms with Crippen LogP contribution in [-0.2, 0) is 0 Å². The van der Waals surface area contributed by atoms with Gasteiger partial charge in [-0.15, -0.1) is 0 Å². The smallest absolute Gasteiger partial charge is 0.0357 e. The van der Waals surface area contributed by atoms with Crippen LogP contribution in [0, 0.1) is 17.3 Å². The molecule has 1 atom stereocenters. The van der Waals surface area contributed by atoms with Crippen LogP contribution in [0.15, 0.2) is 0 Å². The van der Waals surface area contributed by atoms with E-state index >= 15 is 0 Å². The molecule has 0 aromatic carbocycles. The lowest BCUT2D eigenvalue weighted by molar-refractivity contribution is 0.191. The molecule has 0 amide bonds. The molecule has 0 bridgehead atoms. The van der Waals surface area contributed by atoms with Gasteiger partial charge in [-0.2, -0.15) is 0 Å². The third-order valence-corrected chi connectivity index (χ3v) is 3.89. The first kappa shape index (κ1) is 11.1. The first-order valence-electron chi connectivity index (χ1n) is 6.00. The van der Waals surface area contributed by atoms with E-state index in [9.17, 15) is 0 Å². The maximum Gasteiger partial charge on any atom is -0.0357 e. The Morgan fingerprint density at radius 3 is 2.08 bits per heavy atom. The molecule has 0 unspecified atom stereocenters. The monoisotopic (exact) mass is 182 g/mol. The van der Waals surface area contributed by atoms with Crippen molar-refractivity contribution in [2.24, 2.45) is 17.3 Å². The third kappa shape index (κ3) is 3.70. The Kier molecular flexibility index (Phi) is 3.82. The summed E-state index contributed by atoms with van der Waals surface area (Å²) >= 11 is 0. The quantitative estimate of drug-likeness (QED) is 0.583. The molecule has 1 rings (SSSR count). The fourth-order valence-electron chi connectivity index (χ4n) is 2.28. The summed E-state index contributed by atoms with van der Waals surface area (Å²) in [5.74, 6) is 1.93. The van der Waals surface area contributed by atoms with E-state index in [-0.39, 0.29) is 0 Å². The second-order valence-corrected chi connectivity index (χ2v) is 6.01. The number of hydrogen-bond donors (Lipinski definition) is 0. The van der Waals surface area contributed by atoms with Crippen LogP contribution in [0.4, 0.5) is 0 Å². The highest BCUT2D eigenvalue weighted by molar-refractivity contribution is 4.75. The minimum Gasteiger partial charge on any atom is -0.0620 e. The van der Waals surface area contributed by atoms with Crippen molar-refractivity contribution in [2.75, 3.05) is 0 Å². The molecule has 0 radical (unpaired) electrons. The van der Waals surface area contributed by atoms with Gasteiger partial charge in [-0.25, -0.2) is 0 Å². The molecule has 1 saturated carbocycles. The highest BCUT2D eigenvalue weighted by atomic mass is 14.3. The molecule has 1 aliphatic rings. The van der Waals surface area contributed by atoms with Gasteiger partial charge in [0, 0.05) is 0 Å². The molecule has 13 heavy (non-hydrogen) atoms. The Bertz CT molecular complexity index is 135. The van der Waals surface area contributed by atoms with Crippen molar-refractivity contribution in [2.45, 2.75) is 66.2 Å². The van der Waals surface area contributed by atoms with Crippen LogP contribution >= 0.6 is 0 Å². The highest BCUT2D eigenvalue weighted by Crippen LogP contribution is 2.35. The van der Waals surface area contributed by atoms with Crippen LogP contribution in [0.3, 0.4) is 0 Å². The highest BCUT2D eigenvalue weighted by Gasteiger charge is 2.24. The van der Waals surface area contributed by atoms with Gasteiger partial charge in [0.15, 0.2) is 0 Å². The first-order chi connectivity index (χ1) is 6.00. The van der Waals surface area contributed by atoms with Crippen molar-refractivity contribution >= 4 is 0 Å². The summed E-state index contributed by atoms with van der Waals surface area (Å²) in [6, 6.07) is 0. The molecule has 0 heteroatoms. The summed E-state index contributed by atoms with van der Waals surface area (Å²) in [5, 5.41) is 0. The summed E-state index contributed by atoms with van der Waals surface area (Å²) in [5.41, 5.74) is 0.511. The first-order valence-corrected chi connectivity index (χ1v) is 6.00. The molecular formula is C13H26. The Morgan fingerprint density at radius 2 is 1.62 bits per heavy atom. The van der Waals surface area contributed by atoms with Gasteiger partial charge in [0.05, 0.1) is 0 Å². The lowest BCUT2D eigenvalue weighted by Crippen LogP contribution is -2.21. The second-order valence-electron chi connectivity index (χ2n) is 6.01. The van der Waals surface area contributed by atoms with E-state index in [2.05, 4.69) is 27.7 Å². The molecule has 1 fully saturated rings. The zero-order valence-electron chi connectivity index (χ0n) is 9.90. The van der Waals surface area contributed by atoms with Crippen LogP contribution in [0.5, 0.6) is 0 Å². The molecule has 0 aromatic rings. The molecule has 0 spiro atoms. The molecular weight excluding hydrogens is 156 g/mol. The molecule has 78 valence electrons. The van der Waals surface area contributed by atoms with E-state index in [1.165, 1.54) is 38.5 Å². The van der Waals surface area contributed by atoms with Crippen molar-refractivity contribution in [1.82, 2.24) is 0 Å². The van der Waals surface area contributed by atoms with Crippen molar-refractivity contribution < 1.29 is 0 Å². The Hall–Kier alpha value is 0. The zero-order chi connectivity index (χ0) is 9.90. The Balaban J connectivity index is 2.30. The van der Waals surface area contributed by atoms with Gasteiger partial charge in [0.1, 0.15) is 0 Å². The van der Waals surface area contributed by atoms with Crippen molar-refractivity contribution in [3.05, 3.63) is 0 Å². The molecule has 0 saturated heterocycles. The fourth-order valence-corrected chi connectivity index (χ4v) is 2.28.